The van der Waals surface area contributed by atoms with Gasteiger partial charge >= 0.3 is 5.97 Å². The number of nitrogens with one attached hydrogen (secondary N) is 1. The van der Waals surface area contributed by atoms with Crippen molar-refractivity contribution >= 4 is 16.0 Å². The molecular weight excluding hydrogens is 352 g/mol. The fraction of sp³-hybridized carbons (Fsp3) is 0.632. The Hall–Kier alpha value is -1.44. The van der Waals surface area contributed by atoms with E-state index in [4.69, 9.17) is 0 Å². The van der Waals surface area contributed by atoms with Crippen LogP contribution in [0.2, 0.25) is 0 Å². The number of benzene rings is 1. The number of hydrogen-bond donors (Lipinski definition) is 2. The molecule has 2 N–H and O–H groups in total. The quantitative estimate of drug-likeness (QED) is 0.790. The van der Waals surface area contributed by atoms with Crippen LogP contribution in [0.4, 0.5) is 0 Å². The Morgan fingerprint density at radius 1 is 1.35 bits per heavy atom. The lowest BCUT2D eigenvalue weighted by Gasteiger charge is -2.43. The molecule has 1 heterocycles. The second-order valence-electron chi connectivity index (χ2n) is 8.05. The van der Waals surface area contributed by atoms with Gasteiger partial charge in [-0.1, -0.05) is 6.92 Å². The molecule has 1 fully saturated rings. The zero-order valence-corrected chi connectivity index (χ0v) is 17.1. The summed E-state index contributed by atoms with van der Waals surface area (Å²) in [7, 11) is -3.79. The van der Waals surface area contributed by atoms with Crippen molar-refractivity contribution in [3.63, 3.8) is 0 Å². The molecule has 7 heteroatoms. The number of aromatic carboxylic acids is 1. The van der Waals surface area contributed by atoms with E-state index >= 15 is 0 Å². The third-order valence-electron chi connectivity index (χ3n) is 5.36. The Morgan fingerprint density at radius 3 is 2.58 bits per heavy atom. The van der Waals surface area contributed by atoms with Gasteiger partial charge in [-0.05, 0) is 76.3 Å². The molecule has 0 spiro atoms. The number of carboxylic acids is 1. The Labute approximate surface area is 156 Å². The van der Waals surface area contributed by atoms with Crippen LogP contribution in [0.3, 0.4) is 0 Å². The summed E-state index contributed by atoms with van der Waals surface area (Å²) in [5, 5.41) is 9.22. The molecule has 0 bridgehead atoms. The zero-order valence-electron chi connectivity index (χ0n) is 16.3. The SMILES string of the molecule is Cc1cc(C(=O)O)cc(S(=O)(=O)NCC(C)(C)N2CCCC(C)C2)c1C. The minimum absolute atomic E-state index is 0.0161. The van der Waals surface area contributed by atoms with Gasteiger partial charge in [-0.3, -0.25) is 4.90 Å². The van der Waals surface area contributed by atoms with Gasteiger partial charge in [0.15, 0.2) is 0 Å². The summed E-state index contributed by atoms with van der Waals surface area (Å²) < 4.78 is 28.4. The van der Waals surface area contributed by atoms with Crippen LogP contribution in [0.1, 0.15) is 55.1 Å². The van der Waals surface area contributed by atoms with Crippen molar-refractivity contribution in [1.82, 2.24) is 9.62 Å². The van der Waals surface area contributed by atoms with Crippen molar-refractivity contribution in [3.8, 4) is 0 Å². The maximum Gasteiger partial charge on any atom is 0.335 e. The molecule has 1 atom stereocenters. The molecular formula is C19H30N2O4S. The van der Waals surface area contributed by atoms with Gasteiger partial charge in [-0.2, -0.15) is 0 Å². The van der Waals surface area contributed by atoms with E-state index in [0.717, 1.165) is 19.5 Å². The first-order chi connectivity index (χ1) is 11.9. The average molecular weight is 383 g/mol. The number of nitrogens with zero attached hydrogens (tertiary/aromatic N) is 1. The average Bonchev–Trinajstić information content (AvgIpc) is 2.55. The molecule has 2 rings (SSSR count). The van der Waals surface area contributed by atoms with Gasteiger partial charge in [0.2, 0.25) is 10.0 Å². The minimum Gasteiger partial charge on any atom is -0.478 e. The van der Waals surface area contributed by atoms with E-state index in [1.54, 1.807) is 13.8 Å². The molecule has 1 unspecified atom stereocenters. The van der Waals surface area contributed by atoms with Crippen LogP contribution >= 0.6 is 0 Å². The number of hydrogen-bond acceptors (Lipinski definition) is 4. The largest absolute Gasteiger partial charge is 0.478 e. The highest BCUT2D eigenvalue weighted by molar-refractivity contribution is 7.89. The molecule has 0 saturated carbocycles. The maximum atomic E-state index is 12.9. The van der Waals surface area contributed by atoms with Gasteiger partial charge in [0, 0.05) is 18.6 Å². The van der Waals surface area contributed by atoms with E-state index in [0.29, 0.717) is 17.0 Å². The molecule has 1 aliphatic rings. The van der Waals surface area contributed by atoms with Crippen molar-refractivity contribution in [3.05, 3.63) is 28.8 Å². The molecule has 0 aliphatic carbocycles. The molecule has 0 amide bonds. The summed E-state index contributed by atoms with van der Waals surface area (Å²) in [5.74, 6) is -0.524. The van der Waals surface area contributed by atoms with Crippen molar-refractivity contribution in [1.29, 1.82) is 0 Å². The van der Waals surface area contributed by atoms with E-state index < -0.39 is 16.0 Å². The van der Waals surface area contributed by atoms with Crippen LogP contribution in [0.15, 0.2) is 17.0 Å². The summed E-state index contributed by atoms with van der Waals surface area (Å²) in [5.41, 5.74) is 0.897. The molecule has 1 aromatic carbocycles. The highest BCUT2D eigenvalue weighted by Crippen LogP contribution is 2.25. The van der Waals surface area contributed by atoms with Gasteiger partial charge in [-0.15, -0.1) is 0 Å². The number of sulfonamides is 1. The summed E-state index contributed by atoms with van der Waals surface area (Å²) in [6.45, 7) is 11.9. The highest BCUT2D eigenvalue weighted by Gasteiger charge is 2.32. The smallest absolute Gasteiger partial charge is 0.335 e. The fourth-order valence-electron chi connectivity index (χ4n) is 3.43. The molecule has 26 heavy (non-hydrogen) atoms. The molecule has 1 aromatic rings. The number of aryl methyl sites for hydroxylation is 1. The molecule has 1 saturated heterocycles. The first kappa shape index (κ1) is 20.9. The van der Waals surface area contributed by atoms with E-state index in [1.165, 1.54) is 18.6 Å². The van der Waals surface area contributed by atoms with Gasteiger partial charge in [0.1, 0.15) is 0 Å². The van der Waals surface area contributed by atoms with E-state index in [1.807, 2.05) is 13.8 Å². The van der Waals surface area contributed by atoms with Crippen molar-refractivity contribution < 1.29 is 18.3 Å². The Balaban J connectivity index is 2.22. The summed E-state index contributed by atoms with van der Waals surface area (Å²) in [6.07, 6.45) is 2.33. The molecule has 146 valence electrons. The Kier molecular flexibility index (Phi) is 6.15. The first-order valence-corrected chi connectivity index (χ1v) is 10.5. The molecule has 0 aromatic heterocycles. The summed E-state index contributed by atoms with van der Waals surface area (Å²) in [4.78, 5) is 13.6. The van der Waals surface area contributed by atoms with Crippen LogP contribution in [0.25, 0.3) is 0 Å². The van der Waals surface area contributed by atoms with E-state index in [2.05, 4.69) is 16.5 Å². The second kappa shape index (κ2) is 7.66. The van der Waals surface area contributed by atoms with Crippen LogP contribution in [0.5, 0.6) is 0 Å². The Morgan fingerprint density at radius 2 is 2.00 bits per heavy atom. The second-order valence-corrected chi connectivity index (χ2v) is 9.79. The normalized spacial score (nSPS) is 19.5. The van der Waals surface area contributed by atoms with Crippen molar-refractivity contribution in [2.24, 2.45) is 5.92 Å². The van der Waals surface area contributed by atoms with Crippen LogP contribution in [-0.4, -0.2) is 49.6 Å². The van der Waals surface area contributed by atoms with Crippen LogP contribution in [-0.2, 0) is 10.0 Å². The highest BCUT2D eigenvalue weighted by atomic mass is 32.2. The maximum absolute atomic E-state index is 12.9. The van der Waals surface area contributed by atoms with Gasteiger partial charge in [0.05, 0.1) is 10.5 Å². The van der Waals surface area contributed by atoms with Gasteiger partial charge in [-0.25, -0.2) is 17.9 Å². The van der Waals surface area contributed by atoms with Gasteiger partial charge < -0.3 is 5.11 Å². The number of rotatable bonds is 6. The predicted molar refractivity (Wildman–Crippen MR) is 102 cm³/mol. The lowest BCUT2D eigenvalue weighted by molar-refractivity contribution is 0.0696. The topological polar surface area (TPSA) is 86.7 Å². The number of carboxylic acid groups (broad SMARTS) is 1. The standard InChI is InChI=1S/C19H30N2O4S/c1-13-7-6-8-21(11-13)19(4,5)12-20-26(24,25)17-10-16(18(22)23)9-14(2)15(17)3/h9-10,13,20H,6-8,11-12H2,1-5H3,(H,22,23). The number of piperidine rings is 1. The summed E-state index contributed by atoms with van der Waals surface area (Å²) >= 11 is 0. The fourth-order valence-corrected chi connectivity index (χ4v) is 4.97. The number of likely N-dealkylation sites (tertiary alicyclic amines) is 1. The third-order valence-corrected chi connectivity index (χ3v) is 6.89. The van der Waals surface area contributed by atoms with Crippen LogP contribution in [0, 0.1) is 19.8 Å². The van der Waals surface area contributed by atoms with Gasteiger partial charge in [0.25, 0.3) is 0 Å². The van der Waals surface area contributed by atoms with Crippen molar-refractivity contribution in [2.45, 2.75) is 57.9 Å². The monoisotopic (exact) mass is 382 g/mol. The third kappa shape index (κ3) is 4.64. The Bertz CT molecular complexity index is 787. The van der Waals surface area contributed by atoms with E-state index in [-0.39, 0.29) is 22.5 Å². The lowest BCUT2D eigenvalue weighted by atomic mass is 9.94. The van der Waals surface area contributed by atoms with Crippen LogP contribution < -0.4 is 4.72 Å². The van der Waals surface area contributed by atoms with E-state index in [9.17, 15) is 18.3 Å². The lowest BCUT2D eigenvalue weighted by Crippen LogP contribution is -2.54. The minimum atomic E-state index is -3.79. The summed E-state index contributed by atoms with van der Waals surface area (Å²) in [6, 6.07) is 2.73. The number of carbonyl (C=O) groups is 1. The molecule has 6 nitrogen and oxygen atoms in total. The molecule has 1 aliphatic heterocycles. The zero-order chi connectivity index (χ0) is 19.7. The molecule has 0 radical (unpaired) electrons. The van der Waals surface area contributed by atoms with Crippen molar-refractivity contribution in [2.75, 3.05) is 19.6 Å². The first-order valence-electron chi connectivity index (χ1n) is 9.03. The predicted octanol–water partition coefficient (Wildman–Crippen LogP) is 2.79.